The second-order valence-electron chi connectivity index (χ2n) is 6.97. The third kappa shape index (κ3) is 5.65. The minimum atomic E-state index is -0.571. The molecule has 0 unspecified atom stereocenters. The smallest absolute Gasteiger partial charge is 0.234 e. The van der Waals surface area contributed by atoms with Crippen molar-refractivity contribution in [2.45, 2.75) is 5.16 Å². The lowest BCUT2D eigenvalue weighted by molar-refractivity contribution is -0.113. The number of hydrogen-bond acceptors (Lipinski definition) is 6. The quantitative estimate of drug-likeness (QED) is 0.439. The fourth-order valence-electron chi connectivity index (χ4n) is 3.32. The molecule has 0 saturated carbocycles. The Labute approximate surface area is 189 Å². The van der Waals surface area contributed by atoms with Crippen LogP contribution in [0.1, 0.15) is 0 Å². The fraction of sp³-hybridized carbons (Fsp3) is 0.227. The predicted molar refractivity (Wildman–Crippen MR) is 124 cm³/mol. The number of aromatic nitrogens is 2. The molecule has 2 heterocycles. The van der Waals surface area contributed by atoms with Gasteiger partial charge in [0.25, 0.3) is 0 Å². The van der Waals surface area contributed by atoms with Crippen molar-refractivity contribution in [2.75, 3.05) is 47.0 Å². The van der Waals surface area contributed by atoms with Crippen LogP contribution in [0.5, 0.6) is 0 Å². The molecule has 1 aliphatic rings. The molecule has 0 atom stereocenters. The van der Waals surface area contributed by atoms with E-state index in [2.05, 4.69) is 37.2 Å². The van der Waals surface area contributed by atoms with Gasteiger partial charge in [0.15, 0.2) is 5.16 Å². The number of hydrogen-bond donors (Lipinski definition) is 1. The molecule has 1 N–H and O–H groups in total. The lowest BCUT2D eigenvalue weighted by atomic mass is 10.2. The first-order chi connectivity index (χ1) is 15.1. The average molecular weight is 458 g/mol. The van der Waals surface area contributed by atoms with Gasteiger partial charge in [-0.15, -0.1) is 0 Å². The van der Waals surface area contributed by atoms with Crippen molar-refractivity contribution in [2.24, 2.45) is 0 Å². The molecule has 0 bridgehead atoms. The Morgan fingerprint density at radius 3 is 2.55 bits per heavy atom. The van der Waals surface area contributed by atoms with E-state index in [9.17, 15) is 9.18 Å². The summed E-state index contributed by atoms with van der Waals surface area (Å²) >= 11 is 6.95. The Hall–Kier alpha value is -2.84. The zero-order valence-corrected chi connectivity index (χ0v) is 18.2. The summed E-state index contributed by atoms with van der Waals surface area (Å²) in [5, 5.41) is 3.33. The van der Waals surface area contributed by atoms with E-state index in [-0.39, 0.29) is 22.4 Å². The summed E-state index contributed by atoms with van der Waals surface area (Å²) in [4.78, 5) is 25.6. The molecule has 3 aromatic rings. The van der Waals surface area contributed by atoms with E-state index in [1.807, 2.05) is 24.3 Å². The molecular weight excluding hydrogens is 437 g/mol. The SMILES string of the molecule is O=C(CSc1nccc(N2CCN(c3ccccc3)CC2)n1)Nc1ccc(Cl)cc1F. The topological polar surface area (TPSA) is 61.4 Å². The van der Waals surface area contributed by atoms with Gasteiger partial charge in [0, 0.05) is 43.1 Å². The maximum absolute atomic E-state index is 13.8. The lowest BCUT2D eigenvalue weighted by Gasteiger charge is -2.36. The zero-order chi connectivity index (χ0) is 21.6. The van der Waals surface area contributed by atoms with Crippen LogP contribution in [-0.2, 0) is 4.79 Å². The molecule has 1 aliphatic heterocycles. The summed E-state index contributed by atoms with van der Waals surface area (Å²) < 4.78 is 13.8. The molecule has 2 aromatic carbocycles. The largest absolute Gasteiger partial charge is 0.368 e. The van der Waals surface area contributed by atoms with Crippen LogP contribution in [0.15, 0.2) is 66.0 Å². The molecule has 0 spiro atoms. The van der Waals surface area contributed by atoms with Gasteiger partial charge in [0.05, 0.1) is 11.4 Å². The third-order valence-electron chi connectivity index (χ3n) is 4.88. The monoisotopic (exact) mass is 457 g/mol. The van der Waals surface area contributed by atoms with Crippen molar-refractivity contribution >= 4 is 46.5 Å². The highest BCUT2D eigenvalue weighted by Gasteiger charge is 2.19. The molecule has 1 fully saturated rings. The molecule has 4 rings (SSSR count). The van der Waals surface area contributed by atoms with Crippen LogP contribution < -0.4 is 15.1 Å². The van der Waals surface area contributed by atoms with Crippen LogP contribution >= 0.6 is 23.4 Å². The Morgan fingerprint density at radius 1 is 1.06 bits per heavy atom. The van der Waals surface area contributed by atoms with Gasteiger partial charge < -0.3 is 15.1 Å². The lowest BCUT2D eigenvalue weighted by Crippen LogP contribution is -2.46. The third-order valence-corrected chi connectivity index (χ3v) is 5.98. The van der Waals surface area contributed by atoms with E-state index in [1.165, 1.54) is 29.6 Å². The molecule has 160 valence electrons. The van der Waals surface area contributed by atoms with E-state index in [0.717, 1.165) is 38.1 Å². The van der Waals surface area contributed by atoms with Gasteiger partial charge in [0.1, 0.15) is 11.6 Å². The number of amides is 1. The van der Waals surface area contributed by atoms with Gasteiger partial charge in [-0.25, -0.2) is 14.4 Å². The average Bonchev–Trinajstić information content (AvgIpc) is 2.80. The van der Waals surface area contributed by atoms with E-state index in [1.54, 1.807) is 6.20 Å². The summed E-state index contributed by atoms with van der Waals surface area (Å²) in [7, 11) is 0. The number of benzene rings is 2. The molecule has 0 aliphatic carbocycles. The van der Waals surface area contributed by atoms with Crippen molar-refractivity contribution in [1.29, 1.82) is 0 Å². The van der Waals surface area contributed by atoms with Crippen molar-refractivity contribution in [3.8, 4) is 0 Å². The Morgan fingerprint density at radius 2 is 1.81 bits per heavy atom. The maximum Gasteiger partial charge on any atom is 0.234 e. The summed E-state index contributed by atoms with van der Waals surface area (Å²) in [5.41, 5.74) is 1.32. The highest BCUT2D eigenvalue weighted by Crippen LogP contribution is 2.22. The Kier molecular flexibility index (Phi) is 6.89. The maximum atomic E-state index is 13.8. The minimum Gasteiger partial charge on any atom is -0.368 e. The summed E-state index contributed by atoms with van der Waals surface area (Å²) in [5.74, 6) is 0.0117. The molecular formula is C22H21ClFN5OS. The predicted octanol–water partition coefficient (Wildman–Crippen LogP) is 4.33. The van der Waals surface area contributed by atoms with E-state index in [0.29, 0.717) is 5.16 Å². The first-order valence-corrected chi connectivity index (χ1v) is 11.2. The van der Waals surface area contributed by atoms with Crippen molar-refractivity contribution < 1.29 is 9.18 Å². The number of piperazine rings is 1. The summed E-state index contributed by atoms with van der Waals surface area (Å²) in [6.45, 7) is 3.52. The van der Waals surface area contributed by atoms with Gasteiger partial charge in [-0.1, -0.05) is 41.6 Å². The van der Waals surface area contributed by atoms with E-state index >= 15 is 0 Å². The second kappa shape index (κ2) is 9.98. The number of thioether (sulfide) groups is 1. The molecule has 31 heavy (non-hydrogen) atoms. The molecule has 1 amide bonds. The molecule has 1 aromatic heterocycles. The first-order valence-electron chi connectivity index (χ1n) is 9.84. The molecule has 9 heteroatoms. The molecule has 1 saturated heterocycles. The second-order valence-corrected chi connectivity index (χ2v) is 8.35. The number of anilines is 3. The molecule has 6 nitrogen and oxygen atoms in total. The highest BCUT2D eigenvalue weighted by atomic mass is 35.5. The van der Waals surface area contributed by atoms with E-state index < -0.39 is 5.82 Å². The number of rotatable bonds is 6. The van der Waals surface area contributed by atoms with Crippen LogP contribution in [0, 0.1) is 5.82 Å². The number of para-hydroxylation sites is 1. The van der Waals surface area contributed by atoms with E-state index in [4.69, 9.17) is 11.6 Å². The molecule has 0 radical (unpaired) electrons. The number of nitrogens with one attached hydrogen (secondary N) is 1. The van der Waals surface area contributed by atoms with Crippen LogP contribution in [0.4, 0.5) is 21.6 Å². The van der Waals surface area contributed by atoms with Crippen molar-refractivity contribution in [3.05, 3.63) is 71.6 Å². The Bertz CT molecular complexity index is 1050. The van der Waals surface area contributed by atoms with Gasteiger partial charge in [-0.2, -0.15) is 0 Å². The standard InChI is InChI=1S/C22H21ClFN5OS/c23-16-6-7-19(18(24)14-16)26-21(30)15-31-22-25-9-8-20(27-22)29-12-10-28(11-13-29)17-4-2-1-3-5-17/h1-9,14H,10-13,15H2,(H,26,30). The van der Waals surface area contributed by atoms with Gasteiger partial charge >= 0.3 is 0 Å². The Balaban J connectivity index is 1.31. The van der Waals surface area contributed by atoms with Crippen LogP contribution in [-0.4, -0.2) is 47.8 Å². The number of nitrogens with zero attached hydrogens (tertiary/aromatic N) is 4. The summed E-state index contributed by atoms with van der Waals surface area (Å²) in [6.07, 6.45) is 1.70. The zero-order valence-electron chi connectivity index (χ0n) is 16.7. The first kappa shape index (κ1) is 21.4. The van der Waals surface area contributed by atoms with Gasteiger partial charge in [-0.05, 0) is 36.4 Å². The fourth-order valence-corrected chi connectivity index (χ4v) is 4.10. The van der Waals surface area contributed by atoms with Gasteiger partial charge in [0.2, 0.25) is 5.91 Å². The van der Waals surface area contributed by atoms with Crippen LogP contribution in [0.25, 0.3) is 0 Å². The van der Waals surface area contributed by atoms with Crippen molar-refractivity contribution in [3.63, 3.8) is 0 Å². The summed E-state index contributed by atoms with van der Waals surface area (Å²) in [6, 6.07) is 16.4. The minimum absolute atomic E-state index is 0.0767. The normalized spacial score (nSPS) is 13.9. The number of carbonyl (C=O) groups is 1. The number of halogens is 2. The number of carbonyl (C=O) groups excluding carboxylic acids is 1. The van der Waals surface area contributed by atoms with Crippen LogP contribution in [0.2, 0.25) is 5.02 Å². The van der Waals surface area contributed by atoms with Crippen LogP contribution in [0.3, 0.4) is 0 Å². The highest BCUT2D eigenvalue weighted by molar-refractivity contribution is 7.99. The van der Waals surface area contributed by atoms with Crippen molar-refractivity contribution in [1.82, 2.24) is 9.97 Å². The van der Waals surface area contributed by atoms with Gasteiger partial charge in [-0.3, -0.25) is 4.79 Å².